The Morgan fingerprint density at radius 3 is 2.00 bits per heavy atom. The fourth-order valence-electron chi connectivity index (χ4n) is 1.51. The van der Waals surface area contributed by atoms with Crippen LogP contribution in [0.2, 0.25) is 0 Å². The van der Waals surface area contributed by atoms with E-state index in [1.54, 1.807) is 0 Å². The molecule has 0 aliphatic carbocycles. The molecule has 4 heteroatoms. The molecule has 0 aromatic carbocycles. The van der Waals surface area contributed by atoms with Crippen LogP contribution in [0.15, 0.2) is 0 Å². The van der Waals surface area contributed by atoms with Crippen molar-refractivity contribution in [2.45, 2.75) is 52.0 Å². The highest BCUT2D eigenvalue weighted by Crippen LogP contribution is 2.19. The summed E-state index contributed by atoms with van der Waals surface area (Å²) in [6, 6.07) is 0. The van der Waals surface area contributed by atoms with Crippen LogP contribution in [0.3, 0.4) is 0 Å². The first-order valence-corrected chi connectivity index (χ1v) is 5.49. The fourth-order valence-corrected chi connectivity index (χ4v) is 1.64. The summed E-state index contributed by atoms with van der Waals surface area (Å²) in [7, 11) is 0. The molecule has 0 aliphatic rings. The lowest BCUT2D eigenvalue weighted by Gasteiger charge is -2.31. The van der Waals surface area contributed by atoms with Crippen LogP contribution in [0.25, 0.3) is 0 Å². The maximum Gasteiger partial charge on any atom is 0.227 e. The topological polar surface area (TPSA) is 55.1 Å². The summed E-state index contributed by atoms with van der Waals surface area (Å²) in [6.45, 7) is 6.23. The zero-order chi connectivity index (χ0) is 11.2. The Labute approximate surface area is 91.4 Å². The summed E-state index contributed by atoms with van der Waals surface area (Å²) < 4.78 is 0. The Morgan fingerprint density at radius 2 is 1.71 bits per heavy atom. The third kappa shape index (κ3) is 4.05. The molecule has 0 fully saturated rings. The van der Waals surface area contributed by atoms with Crippen molar-refractivity contribution in [3.8, 4) is 0 Å². The molecule has 0 rings (SSSR count). The number of amides is 1. The largest absolute Gasteiger partial charge is 0.393 e. The summed E-state index contributed by atoms with van der Waals surface area (Å²) in [5, 5.41) is 3.00. The predicted octanol–water partition coefficient (Wildman–Crippen LogP) is 1.75. The number of hydrogen-bond acceptors (Lipinski definition) is 2. The Morgan fingerprint density at radius 1 is 1.29 bits per heavy atom. The van der Waals surface area contributed by atoms with Crippen LogP contribution >= 0.6 is 12.2 Å². The summed E-state index contributed by atoms with van der Waals surface area (Å²) >= 11 is 4.69. The smallest absolute Gasteiger partial charge is 0.227 e. The molecule has 3 nitrogen and oxygen atoms in total. The van der Waals surface area contributed by atoms with Crippen molar-refractivity contribution in [1.29, 1.82) is 0 Å². The summed E-state index contributed by atoms with van der Waals surface area (Å²) in [5.41, 5.74) is 5.23. The van der Waals surface area contributed by atoms with Gasteiger partial charge in [0.25, 0.3) is 0 Å². The van der Waals surface area contributed by atoms with Gasteiger partial charge in [-0.25, -0.2) is 0 Å². The first-order valence-electron chi connectivity index (χ1n) is 5.09. The number of rotatable bonds is 6. The summed E-state index contributed by atoms with van der Waals surface area (Å²) in [4.78, 5) is 11.7. The van der Waals surface area contributed by atoms with Gasteiger partial charge in [0.05, 0.1) is 11.4 Å². The van der Waals surface area contributed by atoms with Crippen LogP contribution in [0.5, 0.6) is 0 Å². The molecule has 0 atom stereocenters. The minimum Gasteiger partial charge on any atom is -0.393 e. The van der Waals surface area contributed by atoms with Crippen LogP contribution < -0.4 is 11.1 Å². The van der Waals surface area contributed by atoms with Crippen molar-refractivity contribution in [3.63, 3.8) is 0 Å². The molecule has 0 aromatic heterocycles. The molecule has 0 bridgehead atoms. The average molecular weight is 216 g/mol. The van der Waals surface area contributed by atoms with Gasteiger partial charge >= 0.3 is 0 Å². The second kappa shape index (κ2) is 5.96. The number of hydrogen-bond donors (Lipinski definition) is 2. The molecule has 0 saturated carbocycles. The van der Waals surface area contributed by atoms with Crippen LogP contribution in [0, 0.1) is 0 Å². The van der Waals surface area contributed by atoms with Gasteiger partial charge in [0.2, 0.25) is 5.91 Å². The maximum atomic E-state index is 11.5. The molecule has 0 unspecified atom stereocenters. The van der Waals surface area contributed by atoms with E-state index >= 15 is 0 Å². The molecule has 3 N–H and O–H groups in total. The summed E-state index contributed by atoms with van der Waals surface area (Å²) in [5.74, 6) is -0.0666. The Kier molecular flexibility index (Phi) is 5.69. The second-order valence-corrected chi connectivity index (χ2v) is 4.06. The molecule has 0 radical (unpaired) electrons. The molecule has 82 valence electrons. The van der Waals surface area contributed by atoms with Crippen molar-refractivity contribution in [2.24, 2.45) is 5.73 Å². The average Bonchev–Trinajstić information content (AvgIpc) is 2.13. The predicted molar refractivity (Wildman–Crippen MR) is 63.1 cm³/mol. The van der Waals surface area contributed by atoms with Crippen LogP contribution in [-0.2, 0) is 4.79 Å². The lowest BCUT2D eigenvalue weighted by Crippen LogP contribution is -2.47. The molecule has 14 heavy (non-hydrogen) atoms. The van der Waals surface area contributed by atoms with E-state index in [0.29, 0.717) is 0 Å². The Balaban J connectivity index is 4.29. The highest BCUT2D eigenvalue weighted by molar-refractivity contribution is 7.80. The van der Waals surface area contributed by atoms with E-state index in [0.717, 1.165) is 19.3 Å². The number of carbonyl (C=O) groups excluding carboxylic acids is 1. The standard InChI is InChI=1S/C10H20N2OS/c1-4-10(5-2,6-3)12-9(13)7-8(11)14/h4-7H2,1-3H3,(H2,11,14)(H,12,13). The Hall–Kier alpha value is -0.640. The minimum atomic E-state index is -0.0815. The normalized spacial score (nSPS) is 11.1. The summed E-state index contributed by atoms with van der Waals surface area (Å²) in [6.07, 6.45) is 2.95. The lowest BCUT2D eigenvalue weighted by atomic mass is 9.89. The molecule has 0 spiro atoms. The van der Waals surface area contributed by atoms with Crippen LogP contribution in [-0.4, -0.2) is 16.4 Å². The van der Waals surface area contributed by atoms with E-state index in [-0.39, 0.29) is 22.9 Å². The van der Waals surface area contributed by atoms with Crippen molar-refractivity contribution in [2.75, 3.05) is 0 Å². The monoisotopic (exact) mass is 216 g/mol. The molecular formula is C10H20N2OS. The Bertz CT molecular complexity index is 204. The van der Waals surface area contributed by atoms with Gasteiger partial charge in [-0.1, -0.05) is 33.0 Å². The lowest BCUT2D eigenvalue weighted by molar-refractivity contribution is -0.122. The van der Waals surface area contributed by atoms with Crippen molar-refractivity contribution in [1.82, 2.24) is 5.32 Å². The van der Waals surface area contributed by atoms with E-state index in [2.05, 4.69) is 38.3 Å². The third-order valence-corrected chi connectivity index (χ3v) is 2.91. The van der Waals surface area contributed by atoms with Gasteiger partial charge in [0, 0.05) is 5.54 Å². The van der Waals surface area contributed by atoms with E-state index in [4.69, 9.17) is 5.73 Å². The highest BCUT2D eigenvalue weighted by atomic mass is 32.1. The van der Waals surface area contributed by atoms with E-state index in [1.807, 2.05) is 0 Å². The van der Waals surface area contributed by atoms with Gasteiger partial charge in [0.15, 0.2) is 0 Å². The zero-order valence-corrected chi connectivity index (χ0v) is 10.0. The second-order valence-electron chi connectivity index (χ2n) is 3.53. The first-order chi connectivity index (χ1) is 6.49. The van der Waals surface area contributed by atoms with Crippen LogP contribution in [0.4, 0.5) is 0 Å². The first kappa shape index (κ1) is 13.4. The van der Waals surface area contributed by atoms with Gasteiger partial charge in [-0.05, 0) is 19.3 Å². The number of carbonyl (C=O) groups is 1. The van der Waals surface area contributed by atoms with E-state index in [1.165, 1.54) is 0 Å². The number of thiocarbonyl (C=S) groups is 1. The van der Waals surface area contributed by atoms with Gasteiger partial charge in [-0.15, -0.1) is 0 Å². The zero-order valence-electron chi connectivity index (χ0n) is 9.22. The highest BCUT2D eigenvalue weighted by Gasteiger charge is 2.25. The quantitative estimate of drug-likeness (QED) is 0.665. The number of nitrogens with one attached hydrogen (secondary N) is 1. The molecule has 0 saturated heterocycles. The van der Waals surface area contributed by atoms with Gasteiger partial charge in [-0.3, -0.25) is 4.79 Å². The molecule has 0 aromatic rings. The van der Waals surface area contributed by atoms with Gasteiger partial charge in [-0.2, -0.15) is 0 Å². The SMILES string of the molecule is CCC(CC)(CC)NC(=O)CC(N)=S. The fraction of sp³-hybridized carbons (Fsp3) is 0.800. The number of nitrogens with two attached hydrogens (primary N) is 1. The maximum absolute atomic E-state index is 11.5. The molecule has 0 aliphatic heterocycles. The van der Waals surface area contributed by atoms with Crippen molar-refractivity contribution in [3.05, 3.63) is 0 Å². The molecule has 0 heterocycles. The van der Waals surface area contributed by atoms with Crippen LogP contribution in [0.1, 0.15) is 46.5 Å². The van der Waals surface area contributed by atoms with Crippen molar-refractivity contribution < 1.29 is 4.79 Å². The molecule has 1 amide bonds. The minimum absolute atomic E-state index is 0.0666. The van der Waals surface area contributed by atoms with Gasteiger partial charge in [0.1, 0.15) is 0 Å². The van der Waals surface area contributed by atoms with E-state index in [9.17, 15) is 4.79 Å². The molecular weight excluding hydrogens is 196 g/mol. The third-order valence-electron chi connectivity index (χ3n) is 2.77. The van der Waals surface area contributed by atoms with Gasteiger partial charge < -0.3 is 11.1 Å². The van der Waals surface area contributed by atoms with Crippen molar-refractivity contribution >= 4 is 23.1 Å². The van der Waals surface area contributed by atoms with E-state index < -0.39 is 0 Å².